The van der Waals surface area contributed by atoms with Crippen LogP contribution in [0.3, 0.4) is 0 Å². The molecule has 0 saturated heterocycles. The fraction of sp³-hybridized carbons (Fsp3) is 0.385. The van der Waals surface area contributed by atoms with E-state index in [0.29, 0.717) is 49.0 Å². The first-order valence-corrected chi connectivity index (χ1v) is 12.4. The van der Waals surface area contributed by atoms with Gasteiger partial charge in [0.1, 0.15) is 29.3 Å². The Balaban J connectivity index is 1.24. The number of hydrogen-bond acceptors (Lipinski definition) is 10. The minimum Gasteiger partial charge on any atom is -0.480 e. The van der Waals surface area contributed by atoms with Gasteiger partial charge in [-0.25, -0.2) is 9.97 Å². The first-order valence-electron chi connectivity index (χ1n) is 12.4. The molecule has 12 nitrogen and oxygen atoms in total. The summed E-state index contributed by atoms with van der Waals surface area (Å²) in [6, 6.07) is 12.2. The van der Waals surface area contributed by atoms with E-state index in [1.165, 1.54) is 6.07 Å². The summed E-state index contributed by atoms with van der Waals surface area (Å²) in [5.41, 5.74) is 0.544. The molecule has 196 valence electrons. The fourth-order valence-electron chi connectivity index (χ4n) is 5.10. The van der Waals surface area contributed by atoms with Gasteiger partial charge in [0.05, 0.1) is 6.04 Å². The van der Waals surface area contributed by atoms with Crippen LogP contribution >= 0.6 is 0 Å². The zero-order valence-electron chi connectivity index (χ0n) is 20.8. The molecule has 1 fully saturated rings. The molecule has 12 heteroatoms. The molecule has 38 heavy (non-hydrogen) atoms. The molecule has 0 bridgehead atoms. The minimum absolute atomic E-state index is 0.0390. The molecule has 4 heterocycles. The Kier molecular flexibility index (Phi) is 7.19. The average Bonchev–Trinajstić information content (AvgIpc) is 2.93. The fourth-order valence-corrected chi connectivity index (χ4v) is 5.10. The van der Waals surface area contributed by atoms with Gasteiger partial charge in [-0.3, -0.25) is 19.0 Å². The van der Waals surface area contributed by atoms with Crippen molar-refractivity contribution in [3.05, 3.63) is 52.4 Å². The van der Waals surface area contributed by atoms with Gasteiger partial charge in [0, 0.05) is 44.1 Å². The van der Waals surface area contributed by atoms with E-state index in [1.54, 1.807) is 28.8 Å². The van der Waals surface area contributed by atoms with Gasteiger partial charge in [-0.05, 0) is 43.2 Å². The number of carbonyl (C=O) groups excluding carboxylic acids is 2. The number of nitriles is 1. The van der Waals surface area contributed by atoms with Crippen molar-refractivity contribution in [3.8, 4) is 11.8 Å². The predicted molar refractivity (Wildman–Crippen MR) is 138 cm³/mol. The maximum absolute atomic E-state index is 12.5. The third kappa shape index (κ3) is 5.14. The van der Waals surface area contributed by atoms with Gasteiger partial charge < -0.3 is 25.0 Å². The zero-order chi connectivity index (χ0) is 26.6. The number of amides is 1. The maximum Gasteiger partial charge on any atom is 0.293 e. The summed E-state index contributed by atoms with van der Waals surface area (Å²) in [4.78, 5) is 46.3. The number of rotatable bonds is 8. The van der Waals surface area contributed by atoms with Crippen molar-refractivity contribution in [2.45, 2.75) is 44.0 Å². The first kappa shape index (κ1) is 25.2. The van der Waals surface area contributed by atoms with E-state index in [-0.39, 0.29) is 42.0 Å². The van der Waals surface area contributed by atoms with Crippen LogP contribution < -0.4 is 25.8 Å². The predicted octanol–water partition coefficient (Wildman–Crippen LogP) is 1.18. The van der Waals surface area contributed by atoms with E-state index in [9.17, 15) is 19.6 Å². The standard InChI is InChI=1S/C26H27N7O5/c1-32(22-8-7-20-25(30-22)31-23(35)14-37-20)19-6-5-17(12-21(19)38-15-34)28-10-11-33-24(36)9-3-16-2-4-18(13-27)29-26(16)33/h2-4,7-9,15,17,19,21,28H,5-6,10-12,14H2,1H3,(H,30,31,35). The van der Waals surface area contributed by atoms with Crippen LogP contribution in [0.25, 0.3) is 11.0 Å². The number of ether oxygens (including phenoxy) is 2. The lowest BCUT2D eigenvalue weighted by molar-refractivity contribution is -0.136. The number of anilines is 2. The molecule has 1 aliphatic heterocycles. The number of nitrogens with one attached hydrogen (secondary N) is 2. The molecule has 0 aromatic carbocycles. The smallest absolute Gasteiger partial charge is 0.293 e. The van der Waals surface area contributed by atoms with Gasteiger partial charge in [-0.15, -0.1) is 0 Å². The van der Waals surface area contributed by atoms with Crippen molar-refractivity contribution in [2.24, 2.45) is 0 Å². The van der Waals surface area contributed by atoms with E-state index in [0.717, 1.165) is 18.2 Å². The molecular formula is C26H27N7O5. The van der Waals surface area contributed by atoms with Crippen molar-refractivity contribution in [1.82, 2.24) is 19.9 Å². The number of pyridine rings is 3. The Morgan fingerprint density at radius 2 is 2.08 bits per heavy atom. The molecule has 0 radical (unpaired) electrons. The van der Waals surface area contributed by atoms with E-state index < -0.39 is 0 Å². The number of hydrogen-bond donors (Lipinski definition) is 2. The number of nitrogens with zero attached hydrogens (tertiary/aromatic N) is 5. The Hall–Kier alpha value is -4.50. The Morgan fingerprint density at radius 3 is 2.89 bits per heavy atom. The van der Waals surface area contributed by atoms with Gasteiger partial charge in [-0.1, -0.05) is 0 Å². The lowest BCUT2D eigenvalue weighted by Gasteiger charge is -2.40. The normalized spacial score (nSPS) is 20.5. The van der Waals surface area contributed by atoms with Gasteiger partial charge in [0.2, 0.25) is 0 Å². The molecule has 3 aromatic heterocycles. The van der Waals surface area contributed by atoms with Gasteiger partial charge >= 0.3 is 0 Å². The van der Waals surface area contributed by atoms with Crippen LogP contribution in [0.4, 0.5) is 11.6 Å². The van der Waals surface area contributed by atoms with E-state index in [4.69, 9.17) is 9.47 Å². The third-order valence-corrected chi connectivity index (χ3v) is 7.02. The van der Waals surface area contributed by atoms with Crippen LogP contribution in [0.1, 0.15) is 25.0 Å². The zero-order valence-corrected chi connectivity index (χ0v) is 20.8. The average molecular weight is 518 g/mol. The molecule has 1 amide bonds. The summed E-state index contributed by atoms with van der Waals surface area (Å²) in [6.07, 6.45) is 1.75. The summed E-state index contributed by atoms with van der Waals surface area (Å²) in [6.45, 7) is 1.31. The van der Waals surface area contributed by atoms with Crippen LogP contribution in [-0.4, -0.2) is 65.3 Å². The molecule has 2 N–H and O–H groups in total. The van der Waals surface area contributed by atoms with E-state index in [2.05, 4.69) is 20.6 Å². The number of carbonyl (C=O) groups is 2. The maximum atomic E-state index is 12.5. The second-order valence-corrected chi connectivity index (χ2v) is 9.31. The highest BCUT2D eigenvalue weighted by Crippen LogP contribution is 2.32. The Labute approximate surface area is 218 Å². The second-order valence-electron chi connectivity index (χ2n) is 9.31. The topological polar surface area (TPSA) is 151 Å². The highest BCUT2D eigenvalue weighted by Gasteiger charge is 2.35. The third-order valence-electron chi connectivity index (χ3n) is 7.02. The van der Waals surface area contributed by atoms with Crippen molar-refractivity contribution >= 4 is 35.0 Å². The summed E-state index contributed by atoms with van der Waals surface area (Å²) in [7, 11) is 1.88. The summed E-state index contributed by atoms with van der Waals surface area (Å²) in [5.74, 6) is 1.25. The van der Waals surface area contributed by atoms with Crippen molar-refractivity contribution in [3.63, 3.8) is 0 Å². The summed E-state index contributed by atoms with van der Waals surface area (Å²) < 4.78 is 12.4. The van der Waals surface area contributed by atoms with Crippen LogP contribution in [0.5, 0.6) is 5.75 Å². The molecule has 1 aliphatic carbocycles. The van der Waals surface area contributed by atoms with E-state index in [1.807, 2.05) is 24.1 Å². The number of likely N-dealkylation sites (N-methyl/N-ethyl adjacent to an activating group) is 1. The van der Waals surface area contributed by atoms with Crippen LogP contribution in [0.15, 0.2) is 41.2 Å². The lowest BCUT2D eigenvalue weighted by atomic mass is 9.87. The molecule has 3 unspecified atom stereocenters. The minimum atomic E-state index is -0.382. The highest BCUT2D eigenvalue weighted by molar-refractivity contribution is 5.94. The summed E-state index contributed by atoms with van der Waals surface area (Å²) in [5, 5.41) is 16.2. The number of aromatic nitrogens is 3. The molecule has 5 rings (SSSR count). The van der Waals surface area contributed by atoms with Crippen LogP contribution in [-0.2, 0) is 20.9 Å². The van der Waals surface area contributed by atoms with Crippen molar-refractivity contribution < 1.29 is 19.1 Å². The monoisotopic (exact) mass is 517 g/mol. The van der Waals surface area contributed by atoms with E-state index >= 15 is 0 Å². The molecule has 2 aliphatic rings. The summed E-state index contributed by atoms with van der Waals surface area (Å²) >= 11 is 0. The Morgan fingerprint density at radius 1 is 1.24 bits per heavy atom. The highest BCUT2D eigenvalue weighted by atomic mass is 16.5. The van der Waals surface area contributed by atoms with Gasteiger partial charge in [0.15, 0.2) is 18.2 Å². The number of fused-ring (bicyclic) bond motifs is 2. The quantitative estimate of drug-likeness (QED) is 0.417. The molecule has 3 aromatic rings. The van der Waals surface area contributed by atoms with Crippen molar-refractivity contribution in [1.29, 1.82) is 5.26 Å². The lowest BCUT2D eigenvalue weighted by Crippen LogP contribution is -2.51. The van der Waals surface area contributed by atoms with Crippen LogP contribution in [0.2, 0.25) is 0 Å². The largest absolute Gasteiger partial charge is 0.480 e. The molecule has 3 atom stereocenters. The molecular weight excluding hydrogens is 490 g/mol. The SMILES string of the molecule is CN(c1ccc2c(n1)NC(=O)CO2)C1CCC(NCCn2c(=O)ccc3ccc(C#N)nc32)CC1OC=O. The first-order chi connectivity index (χ1) is 18.5. The second kappa shape index (κ2) is 10.9. The Bertz CT molecular complexity index is 1470. The van der Waals surface area contributed by atoms with Crippen molar-refractivity contribution in [2.75, 3.05) is 30.4 Å². The van der Waals surface area contributed by atoms with Crippen LogP contribution in [0, 0.1) is 11.3 Å². The van der Waals surface area contributed by atoms with Gasteiger partial charge in [-0.2, -0.15) is 5.26 Å². The van der Waals surface area contributed by atoms with Gasteiger partial charge in [0.25, 0.3) is 17.9 Å². The molecule has 1 saturated carbocycles. The molecule has 0 spiro atoms.